The van der Waals surface area contributed by atoms with Crippen molar-refractivity contribution in [2.75, 3.05) is 13.6 Å². The van der Waals surface area contributed by atoms with Crippen LogP contribution in [0.2, 0.25) is 0 Å². The normalized spacial score (nSPS) is 14.8. The Morgan fingerprint density at radius 2 is 2.06 bits per heavy atom. The molecule has 0 saturated carbocycles. The predicted molar refractivity (Wildman–Crippen MR) is 72.5 cm³/mol. The van der Waals surface area contributed by atoms with Gasteiger partial charge in [-0.25, -0.2) is 0 Å². The van der Waals surface area contributed by atoms with Crippen molar-refractivity contribution in [3.05, 3.63) is 34.5 Å². The SMILES string of the molecule is CNCC(O)C(O)c1ccc(-c2cccs2)s1. The maximum Gasteiger partial charge on any atom is 0.115 e. The summed E-state index contributed by atoms with van der Waals surface area (Å²) in [7, 11) is 1.75. The smallest absolute Gasteiger partial charge is 0.115 e. The summed E-state index contributed by atoms with van der Waals surface area (Å²) in [5, 5.41) is 24.5. The van der Waals surface area contributed by atoms with E-state index >= 15 is 0 Å². The summed E-state index contributed by atoms with van der Waals surface area (Å²) in [5.41, 5.74) is 0. The van der Waals surface area contributed by atoms with Gasteiger partial charge in [-0.15, -0.1) is 22.7 Å². The van der Waals surface area contributed by atoms with Crippen molar-refractivity contribution in [1.29, 1.82) is 0 Å². The van der Waals surface area contributed by atoms with Gasteiger partial charge in [-0.2, -0.15) is 0 Å². The third-order valence-electron chi connectivity index (χ3n) is 2.46. The topological polar surface area (TPSA) is 52.5 Å². The van der Waals surface area contributed by atoms with Crippen LogP contribution in [0.25, 0.3) is 9.75 Å². The summed E-state index contributed by atoms with van der Waals surface area (Å²) in [6.45, 7) is 0.382. The van der Waals surface area contributed by atoms with Gasteiger partial charge < -0.3 is 15.5 Å². The number of likely N-dealkylation sites (N-methyl/N-ethyl adjacent to an activating group) is 1. The van der Waals surface area contributed by atoms with Gasteiger partial charge in [0.1, 0.15) is 6.10 Å². The number of aliphatic hydroxyl groups excluding tert-OH is 2. The van der Waals surface area contributed by atoms with Gasteiger partial charge in [-0.1, -0.05) is 6.07 Å². The van der Waals surface area contributed by atoms with E-state index in [4.69, 9.17) is 0 Å². The van der Waals surface area contributed by atoms with Gasteiger partial charge in [-0.05, 0) is 30.6 Å². The zero-order chi connectivity index (χ0) is 12.3. The Balaban J connectivity index is 2.13. The molecule has 0 spiro atoms. The first-order valence-corrected chi connectivity index (χ1v) is 7.06. The molecule has 5 heteroatoms. The van der Waals surface area contributed by atoms with Crippen LogP contribution in [0.3, 0.4) is 0 Å². The van der Waals surface area contributed by atoms with E-state index in [1.807, 2.05) is 23.6 Å². The van der Waals surface area contributed by atoms with E-state index in [0.29, 0.717) is 6.54 Å². The molecule has 2 rings (SSSR count). The van der Waals surface area contributed by atoms with Crippen LogP contribution >= 0.6 is 22.7 Å². The number of rotatable bonds is 5. The maximum absolute atomic E-state index is 9.95. The van der Waals surface area contributed by atoms with Crippen LogP contribution < -0.4 is 5.32 Å². The molecule has 2 aromatic rings. The molecule has 2 atom stereocenters. The van der Waals surface area contributed by atoms with E-state index in [1.165, 1.54) is 16.2 Å². The molecule has 3 N–H and O–H groups in total. The van der Waals surface area contributed by atoms with E-state index in [9.17, 15) is 10.2 Å². The molecule has 0 amide bonds. The fourth-order valence-corrected chi connectivity index (χ4v) is 3.46. The molecule has 0 radical (unpaired) electrons. The average molecular weight is 269 g/mol. The summed E-state index contributed by atoms with van der Waals surface area (Å²) in [6, 6.07) is 7.92. The van der Waals surface area contributed by atoms with Gasteiger partial charge in [0.15, 0.2) is 0 Å². The minimum Gasteiger partial charge on any atom is -0.389 e. The molecule has 0 bridgehead atoms. The quantitative estimate of drug-likeness (QED) is 0.779. The minimum absolute atomic E-state index is 0.382. The van der Waals surface area contributed by atoms with Crippen molar-refractivity contribution >= 4 is 22.7 Å². The van der Waals surface area contributed by atoms with Gasteiger partial charge in [-0.3, -0.25) is 0 Å². The van der Waals surface area contributed by atoms with Gasteiger partial charge in [0.25, 0.3) is 0 Å². The van der Waals surface area contributed by atoms with Crippen molar-refractivity contribution < 1.29 is 10.2 Å². The first-order valence-electron chi connectivity index (χ1n) is 5.36. The van der Waals surface area contributed by atoms with E-state index in [-0.39, 0.29) is 0 Å². The lowest BCUT2D eigenvalue weighted by atomic mass is 10.1. The Bertz CT molecular complexity index is 453. The van der Waals surface area contributed by atoms with Crippen LogP contribution in [-0.2, 0) is 0 Å². The second-order valence-electron chi connectivity index (χ2n) is 3.75. The predicted octanol–water partition coefficient (Wildman–Crippen LogP) is 2.09. The second kappa shape index (κ2) is 5.75. The average Bonchev–Trinajstić information content (AvgIpc) is 2.98. The second-order valence-corrected chi connectivity index (χ2v) is 5.81. The van der Waals surface area contributed by atoms with Crippen molar-refractivity contribution in [3.63, 3.8) is 0 Å². The molecule has 2 unspecified atom stereocenters. The highest BCUT2D eigenvalue weighted by Gasteiger charge is 2.19. The fraction of sp³-hybridized carbons (Fsp3) is 0.333. The molecule has 17 heavy (non-hydrogen) atoms. The maximum atomic E-state index is 9.95. The molecule has 0 fully saturated rings. The summed E-state index contributed by atoms with van der Waals surface area (Å²) in [6.07, 6.45) is -1.59. The van der Waals surface area contributed by atoms with Gasteiger partial charge >= 0.3 is 0 Å². The number of hydrogen-bond acceptors (Lipinski definition) is 5. The third-order valence-corrected chi connectivity index (χ3v) is 4.68. The molecule has 3 nitrogen and oxygen atoms in total. The molecular formula is C12H15NO2S2. The lowest BCUT2D eigenvalue weighted by Gasteiger charge is -2.15. The molecule has 0 aromatic carbocycles. The molecule has 0 aliphatic carbocycles. The lowest BCUT2D eigenvalue weighted by Crippen LogP contribution is -2.29. The summed E-state index contributed by atoms with van der Waals surface area (Å²) < 4.78 is 0. The molecule has 0 aliphatic heterocycles. The molecule has 92 valence electrons. The van der Waals surface area contributed by atoms with Crippen LogP contribution in [0.15, 0.2) is 29.6 Å². The number of hydrogen-bond donors (Lipinski definition) is 3. The fourth-order valence-electron chi connectivity index (χ4n) is 1.57. The van der Waals surface area contributed by atoms with Crippen LogP contribution in [-0.4, -0.2) is 29.9 Å². The van der Waals surface area contributed by atoms with Gasteiger partial charge in [0.05, 0.1) is 6.10 Å². The van der Waals surface area contributed by atoms with Crippen LogP contribution in [0, 0.1) is 0 Å². The number of aliphatic hydroxyl groups is 2. The number of nitrogens with one attached hydrogen (secondary N) is 1. The summed E-state index contributed by atoms with van der Waals surface area (Å²) in [5.74, 6) is 0. The van der Waals surface area contributed by atoms with Crippen molar-refractivity contribution in [2.45, 2.75) is 12.2 Å². The van der Waals surface area contributed by atoms with Crippen molar-refractivity contribution in [2.24, 2.45) is 0 Å². The largest absolute Gasteiger partial charge is 0.389 e. The minimum atomic E-state index is -0.818. The van der Waals surface area contributed by atoms with Crippen LogP contribution in [0.4, 0.5) is 0 Å². The molecule has 2 heterocycles. The van der Waals surface area contributed by atoms with E-state index in [1.54, 1.807) is 18.4 Å². The highest BCUT2D eigenvalue weighted by Crippen LogP contribution is 2.34. The Kier molecular flexibility index (Phi) is 4.31. The van der Waals surface area contributed by atoms with E-state index in [2.05, 4.69) is 11.4 Å². The van der Waals surface area contributed by atoms with Crippen LogP contribution in [0.5, 0.6) is 0 Å². The Labute approximate surface area is 108 Å². The van der Waals surface area contributed by atoms with E-state index < -0.39 is 12.2 Å². The Morgan fingerprint density at radius 3 is 2.71 bits per heavy atom. The Morgan fingerprint density at radius 1 is 1.24 bits per heavy atom. The highest BCUT2D eigenvalue weighted by molar-refractivity contribution is 7.21. The van der Waals surface area contributed by atoms with Gasteiger partial charge in [0, 0.05) is 21.2 Å². The first-order chi connectivity index (χ1) is 8.22. The molecule has 2 aromatic heterocycles. The van der Waals surface area contributed by atoms with Crippen molar-refractivity contribution in [1.82, 2.24) is 5.32 Å². The van der Waals surface area contributed by atoms with E-state index in [0.717, 1.165) is 9.75 Å². The standard InChI is InChI=1S/C12H15NO2S2/c1-13-7-8(14)12(15)11-5-4-10(17-11)9-3-2-6-16-9/h2-6,8,12-15H,7H2,1H3. The van der Waals surface area contributed by atoms with Crippen molar-refractivity contribution in [3.8, 4) is 9.75 Å². The Hall–Kier alpha value is -0.720. The lowest BCUT2D eigenvalue weighted by molar-refractivity contribution is 0.0224. The third kappa shape index (κ3) is 2.94. The van der Waals surface area contributed by atoms with Crippen LogP contribution in [0.1, 0.15) is 11.0 Å². The highest BCUT2D eigenvalue weighted by atomic mass is 32.1. The van der Waals surface area contributed by atoms with Gasteiger partial charge in [0.2, 0.25) is 0 Å². The number of thiophene rings is 2. The zero-order valence-corrected chi connectivity index (χ0v) is 11.1. The first kappa shape index (κ1) is 12.7. The molecule has 0 aliphatic rings. The summed E-state index contributed by atoms with van der Waals surface area (Å²) >= 11 is 3.20. The molecule has 0 saturated heterocycles. The summed E-state index contributed by atoms with van der Waals surface area (Å²) in [4.78, 5) is 3.12. The molecular weight excluding hydrogens is 254 g/mol. The monoisotopic (exact) mass is 269 g/mol. The zero-order valence-electron chi connectivity index (χ0n) is 9.46.